The lowest BCUT2D eigenvalue weighted by molar-refractivity contribution is -0.128. The molecule has 6 heteroatoms. The molecule has 3 amide bonds. The van der Waals surface area contributed by atoms with Crippen molar-refractivity contribution in [3.63, 3.8) is 0 Å². The number of amides is 3. The van der Waals surface area contributed by atoms with Crippen LogP contribution in [-0.2, 0) is 4.79 Å². The van der Waals surface area contributed by atoms with Crippen LogP contribution < -0.4 is 5.32 Å². The smallest absolute Gasteiger partial charge is 0.336 e. The van der Waals surface area contributed by atoms with Gasteiger partial charge in [-0.15, -0.1) is 0 Å². The van der Waals surface area contributed by atoms with Crippen LogP contribution in [0.25, 0.3) is 0 Å². The first-order chi connectivity index (χ1) is 4.13. The Kier molecular flexibility index (Phi) is 1.34. The number of imide groups is 1. The molecule has 0 aromatic heterocycles. The molecule has 0 aliphatic carbocycles. The van der Waals surface area contributed by atoms with Crippen molar-refractivity contribution in [1.82, 2.24) is 9.62 Å². The molecule has 1 saturated heterocycles. The summed E-state index contributed by atoms with van der Waals surface area (Å²) in [5, 5.41) is 10.5. The summed E-state index contributed by atoms with van der Waals surface area (Å²) in [6, 6.07) is -0.698. The quantitative estimate of drug-likeness (QED) is 0.295. The van der Waals surface area contributed by atoms with E-state index in [9.17, 15) is 9.59 Å². The highest BCUT2D eigenvalue weighted by molar-refractivity contribution is 7.78. The summed E-state index contributed by atoms with van der Waals surface area (Å²) < 4.78 is 0.613. The van der Waals surface area contributed by atoms with Crippen LogP contribution in [0.15, 0.2) is 0 Å². The largest absolute Gasteiger partial charge is 0.365 e. The number of carbonyl (C=O) groups is 2. The lowest BCUT2D eigenvalue weighted by Gasteiger charge is -2.05. The summed E-state index contributed by atoms with van der Waals surface area (Å²) in [6.45, 7) is 0. The summed E-state index contributed by atoms with van der Waals surface area (Å²) in [5.74, 6) is -0.741. The summed E-state index contributed by atoms with van der Waals surface area (Å²) >= 11 is 3.49. The van der Waals surface area contributed by atoms with E-state index in [1.807, 2.05) is 5.32 Å². The maximum Gasteiger partial charge on any atom is 0.336 e. The van der Waals surface area contributed by atoms with Crippen molar-refractivity contribution >= 4 is 24.8 Å². The Labute approximate surface area is 56.2 Å². The van der Waals surface area contributed by atoms with E-state index in [1.165, 1.54) is 0 Å². The number of urea groups is 1. The number of nitrogens with one attached hydrogen (secondary N) is 1. The van der Waals surface area contributed by atoms with E-state index in [4.69, 9.17) is 5.11 Å². The first kappa shape index (κ1) is 6.37. The van der Waals surface area contributed by atoms with Gasteiger partial charge in [0.2, 0.25) is 6.23 Å². The Bertz CT molecular complexity index is 152. The second kappa shape index (κ2) is 1.89. The number of rotatable bonds is 0. The van der Waals surface area contributed by atoms with Gasteiger partial charge in [-0.2, -0.15) is 0 Å². The Morgan fingerprint density at radius 2 is 2.22 bits per heavy atom. The van der Waals surface area contributed by atoms with E-state index in [2.05, 4.69) is 12.8 Å². The van der Waals surface area contributed by atoms with Gasteiger partial charge in [0.05, 0.1) is 0 Å². The van der Waals surface area contributed by atoms with E-state index in [1.54, 1.807) is 0 Å². The van der Waals surface area contributed by atoms with Crippen LogP contribution in [0, 0.1) is 0 Å². The normalized spacial score (nSPS) is 26.9. The van der Waals surface area contributed by atoms with Crippen molar-refractivity contribution in [2.45, 2.75) is 6.23 Å². The van der Waals surface area contributed by atoms with Gasteiger partial charge >= 0.3 is 6.03 Å². The van der Waals surface area contributed by atoms with Gasteiger partial charge in [-0.3, -0.25) is 10.1 Å². The number of aliphatic hydroxyl groups is 1. The highest BCUT2D eigenvalue weighted by Crippen LogP contribution is 2.06. The molecule has 50 valence electrons. The molecule has 0 bridgehead atoms. The molecule has 9 heavy (non-hydrogen) atoms. The zero-order valence-electron chi connectivity index (χ0n) is 4.24. The van der Waals surface area contributed by atoms with Crippen molar-refractivity contribution in [2.24, 2.45) is 0 Å². The van der Waals surface area contributed by atoms with Crippen LogP contribution >= 0.6 is 12.8 Å². The van der Waals surface area contributed by atoms with Gasteiger partial charge in [0, 0.05) is 0 Å². The van der Waals surface area contributed by atoms with Gasteiger partial charge < -0.3 is 5.11 Å². The van der Waals surface area contributed by atoms with E-state index in [0.717, 1.165) is 0 Å². The lowest BCUT2D eigenvalue weighted by Crippen LogP contribution is -2.26. The van der Waals surface area contributed by atoms with Gasteiger partial charge in [-0.25, -0.2) is 9.10 Å². The number of aliphatic hydroxyl groups excluding tert-OH is 1. The SMILES string of the molecule is O=C1NC(=O)N(S)C1O. The summed E-state index contributed by atoms with van der Waals surface area (Å²) in [5.41, 5.74) is 0. The second-order valence-corrected chi connectivity index (χ2v) is 1.94. The Morgan fingerprint density at radius 3 is 2.33 bits per heavy atom. The number of nitrogens with zero attached hydrogens (tertiary/aromatic N) is 1. The average Bonchev–Trinajstić information content (AvgIpc) is 1.98. The molecule has 0 spiro atoms. The maximum atomic E-state index is 10.4. The van der Waals surface area contributed by atoms with E-state index < -0.39 is 18.2 Å². The van der Waals surface area contributed by atoms with Crippen LogP contribution in [0.4, 0.5) is 4.79 Å². The standard InChI is InChI=1S/C3H4N2O3S/c6-1-2(7)5(9)3(8)4-1/h2,7,9H,(H,4,6,8). The molecule has 1 unspecified atom stereocenters. The molecule has 5 nitrogen and oxygen atoms in total. The van der Waals surface area contributed by atoms with Gasteiger partial charge in [-0.05, 0) is 0 Å². The highest BCUT2D eigenvalue weighted by Gasteiger charge is 2.34. The molecule has 1 atom stereocenters. The molecule has 1 aliphatic heterocycles. The summed E-state index contributed by atoms with van der Waals surface area (Å²) in [6.07, 6.45) is -1.44. The first-order valence-electron chi connectivity index (χ1n) is 2.14. The van der Waals surface area contributed by atoms with Crippen LogP contribution in [0.2, 0.25) is 0 Å². The molecule has 0 aromatic rings. The number of hydrogen-bond acceptors (Lipinski definition) is 4. The Hall–Kier alpha value is -0.750. The fourth-order valence-corrected chi connectivity index (χ4v) is 0.604. The Balaban J connectivity index is 2.77. The van der Waals surface area contributed by atoms with E-state index in [0.29, 0.717) is 4.31 Å². The third kappa shape index (κ3) is 0.859. The molecule has 0 saturated carbocycles. The van der Waals surface area contributed by atoms with Gasteiger partial charge in [0.25, 0.3) is 5.91 Å². The summed E-state index contributed by atoms with van der Waals surface area (Å²) in [4.78, 5) is 20.7. The molecule has 1 fully saturated rings. The molecule has 0 radical (unpaired) electrons. The van der Waals surface area contributed by atoms with E-state index in [-0.39, 0.29) is 0 Å². The van der Waals surface area contributed by atoms with E-state index >= 15 is 0 Å². The highest BCUT2D eigenvalue weighted by atomic mass is 32.1. The second-order valence-electron chi connectivity index (χ2n) is 1.51. The third-order valence-corrected chi connectivity index (χ3v) is 1.30. The van der Waals surface area contributed by atoms with Gasteiger partial charge in [0.1, 0.15) is 0 Å². The van der Waals surface area contributed by atoms with Crippen LogP contribution in [0.5, 0.6) is 0 Å². The number of carbonyl (C=O) groups excluding carboxylic acids is 2. The number of hydrogen-bond donors (Lipinski definition) is 3. The minimum absolute atomic E-state index is 0.613. The topological polar surface area (TPSA) is 69.6 Å². The van der Waals surface area contributed by atoms with Crippen molar-refractivity contribution in [3.05, 3.63) is 0 Å². The molecular formula is C3H4N2O3S. The Morgan fingerprint density at radius 1 is 1.67 bits per heavy atom. The fourth-order valence-electron chi connectivity index (χ4n) is 0.449. The first-order valence-corrected chi connectivity index (χ1v) is 2.54. The van der Waals surface area contributed by atoms with Crippen molar-refractivity contribution in [1.29, 1.82) is 0 Å². The summed E-state index contributed by atoms with van der Waals surface area (Å²) in [7, 11) is 0. The molecule has 1 aliphatic rings. The van der Waals surface area contributed by atoms with Gasteiger partial charge in [-0.1, -0.05) is 12.8 Å². The van der Waals surface area contributed by atoms with Gasteiger partial charge in [0.15, 0.2) is 0 Å². The zero-order valence-corrected chi connectivity index (χ0v) is 5.13. The van der Waals surface area contributed by atoms with Crippen molar-refractivity contribution in [3.8, 4) is 0 Å². The predicted molar refractivity (Wildman–Crippen MR) is 30.4 cm³/mol. The van der Waals surface area contributed by atoms with Crippen molar-refractivity contribution in [2.75, 3.05) is 0 Å². The molecule has 1 rings (SSSR count). The minimum atomic E-state index is -1.44. The van der Waals surface area contributed by atoms with Crippen molar-refractivity contribution < 1.29 is 14.7 Å². The number of thiol groups is 1. The lowest BCUT2D eigenvalue weighted by atomic mass is 10.6. The maximum absolute atomic E-state index is 10.4. The fraction of sp³-hybridized carbons (Fsp3) is 0.333. The molecule has 0 aromatic carbocycles. The third-order valence-electron chi connectivity index (χ3n) is 0.904. The molecule has 1 heterocycles. The average molecular weight is 148 g/mol. The molecule has 2 N–H and O–H groups in total. The minimum Gasteiger partial charge on any atom is -0.365 e. The predicted octanol–water partition coefficient (Wildman–Crippen LogP) is -1.30. The zero-order chi connectivity index (χ0) is 7.02. The molecular weight excluding hydrogens is 144 g/mol. The monoisotopic (exact) mass is 148 g/mol. The van der Waals surface area contributed by atoms with Crippen LogP contribution in [0.1, 0.15) is 0 Å². The van der Waals surface area contributed by atoms with Crippen LogP contribution in [-0.4, -0.2) is 27.6 Å². The van der Waals surface area contributed by atoms with Crippen LogP contribution in [0.3, 0.4) is 0 Å².